The van der Waals surface area contributed by atoms with Crippen LogP contribution in [0.4, 0.5) is 0 Å². The number of carbonyl (C=O) groups excluding carboxylic acids is 1. The van der Waals surface area contributed by atoms with Gasteiger partial charge < -0.3 is 9.47 Å². The van der Waals surface area contributed by atoms with Crippen molar-refractivity contribution >= 4 is 5.78 Å². The number of hydrogen-bond acceptors (Lipinski definition) is 3. The Morgan fingerprint density at radius 3 is 2.72 bits per heavy atom. The Bertz CT molecular complexity index is 321. The summed E-state index contributed by atoms with van der Waals surface area (Å²) in [4.78, 5) is 12.3. The lowest BCUT2D eigenvalue weighted by molar-refractivity contribution is -0.132. The zero-order valence-electron chi connectivity index (χ0n) is 11.5. The molecule has 0 aromatic heterocycles. The first-order chi connectivity index (χ1) is 8.69. The minimum absolute atomic E-state index is 0.133. The quantitative estimate of drug-likeness (QED) is 0.722. The van der Waals surface area contributed by atoms with Gasteiger partial charge in [-0.3, -0.25) is 4.79 Å². The maximum atomic E-state index is 12.3. The third-order valence-corrected chi connectivity index (χ3v) is 4.22. The molecule has 2 saturated heterocycles. The predicted octanol–water partition coefficient (Wildman–Crippen LogP) is 2.89. The van der Waals surface area contributed by atoms with Crippen molar-refractivity contribution in [2.75, 3.05) is 19.8 Å². The molecule has 18 heavy (non-hydrogen) atoms. The molecule has 1 spiro atoms. The third-order valence-electron chi connectivity index (χ3n) is 4.22. The fourth-order valence-electron chi connectivity index (χ4n) is 2.91. The van der Waals surface area contributed by atoms with Crippen molar-refractivity contribution < 1.29 is 14.3 Å². The van der Waals surface area contributed by atoms with E-state index >= 15 is 0 Å². The molecule has 2 atom stereocenters. The maximum Gasteiger partial charge on any atom is 0.158 e. The summed E-state index contributed by atoms with van der Waals surface area (Å²) in [6, 6.07) is 0. The van der Waals surface area contributed by atoms with E-state index in [0.29, 0.717) is 19.0 Å². The van der Waals surface area contributed by atoms with Crippen LogP contribution in [0.15, 0.2) is 11.6 Å². The molecular weight excluding hydrogens is 228 g/mol. The highest BCUT2D eigenvalue weighted by atomic mass is 16.6. The molecule has 3 nitrogen and oxygen atoms in total. The molecule has 0 N–H and O–H groups in total. The van der Waals surface area contributed by atoms with E-state index in [9.17, 15) is 4.79 Å². The second-order valence-corrected chi connectivity index (χ2v) is 5.44. The van der Waals surface area contributed by atoms with Crippen molar-refractivity contribution in [2.24, 2.45) is 5.92 Å². The Hall–Kier alpha value is -0.670. The van der Waals surface area contributed by atoms with Gasteiger partial charge in [-0.2, -0.15) is 0 Å². The van der Waals surface area contributed by atoms with E-state index in [1.54, 1.807) is 0 Å². The lowest BCUT2D eigenvalue weighted by Crippen LogP contribution is -2.42. The van der Waals surface area contributed by atoms with Gasteiger partial charge in [-0.15, -0.1) is 0 Å². The zero-order valence-corrected chi connectivity index (χ0v) is 11.5. The number of hydrogen-bond donors (Lipinski definition) is 0. The fourth-order valence-corrected chi connectivity index (χ4v) is 2.91. The topological polar surface area (TPSA) is 35.5 Å². The Labute approximate surface area is 110 Å². The first kappa shape index (κ1) is 13.8. The molecule has 2 rings (SSSR count). The van der Waals surface area contributed by atoms with Gasteiger partial charge in [0.1, 0.15) is 0 Å². The van der Waals surface area contributed by atoms with Crippen molar-refractivity contribution in [1.82, 2.24) is 0 Å². The molecular formula is C15H24O3. The van der Waals surface area contributed by atoms with Crippen molar-refractivity contribution in [1.29, 1.82) is 0 Å². The van der Waals surface area contributed by atoms with Crippen LogP contribution in [0.2, 0.25) is 0 Å². The Kier molecular flexibility index (Phi) is 4.57. The molecule has 2 aliphatic rings. The standard InChI is InChI=1S/C15H24O3/c1-3-12(4-2)9-14(16)13-5-7-18-15(10-13)6-8-17-11-15/h9,13H,3-8,10-11H2,1-2H3. The van der Waals surface area contributed by atoms with Crippen LogP contribution in [-0.2, 0) is 14.3 Å². The summed E-state index contributed by atoms with van der Waals surface area (Å²) in [6.07, 6.45) is 6.45. The largest absolute Gasteiger partial charge is 0.378 e. The van der Waals surface area contributed by atoms with Crippen LogP contribution in [0, 0.1) is 5.92 Å². The van der Waals surface area contributed by atoms with Crippen LogP contribution < -0.4 is 0 Å². The summed E-state index contributed by atoms with van der Waals surface area (Å²) in [5.74, 6) is 0.428. The van der Waals surface area contributed by atoms with Gasteiger partial charge in [-0.05, 0) is 31.8 Å². The van der Waals surface area contributed by atoms with Crippen LogP contribution in [-0.4, -0.2) is 31.2 Å². The first-order valence-corrected chi connectivity index (χ1v) is 7.14. The monoisotopic (exact) mass is 252 g/mol. The van der Waals surface area contributed by atoms with E-state index in [1.165, 1.54) is 5.57 Å². The average Bonchev–Trinajstić information content (AvgIpc) is 2.83. The maximum absolute atomic E-state index is 12.3. The van der Waals surface area contributed by atoms with E-state index in [-0.39, 0.29) is 11.5 Å². The predicted molar refractivity (Wildman–Crippen MR) is 70.5 cm³/mol. The van der Waals surface area contributed by atoms with Gasteiger partial charge >= 0.3 is 0 Å². The molecule has 0 bridgehead atoms. The van der Waals surface area contributed by atoms with Crippen molar-refractivity contribution in [2.45, 2.75) is 51.6 Å². The van der Waals surface area contributed by atoms with E-state index in [4.69, 9.17) is 9.47 Å². The summed E-state index contributed by atoms with van der Waals surface area (Å²) < 4.78 is 11.3. The summed E-state index contributed by atoms with van der Waals surface area (Å²) in [7, 11) is 0. The molecule has 0 amide bonds. The van der Waals surface area contributed by atoms with Crippen molar-refractivity contribution in [3.05, 3.63) is 11.6 Å². The third kappa shape index (κ3) is 3.01. The van der Waals surface area contributed by atoms with Crippen LogP contribution in [0.25, 0.3) is 0 Å². The molecule has 2 fully saturated rings. The summed E-state index contributed by atoms with van der Waals surface area (Å²) in [6.45, 7) is 6.35. The summed E-state index contributed by atoms with van der Waals surface area (Å²) in [5, 5.41) is 0. The van der Waals surface area contributed by atoms with Crippen LogP contribution in [0.1, 0.15) is 46.0 Å². The number of ether oxygens (including phenoxy) is 2. The number of allylic oxidation sites excluding steroid dienone is 2. The minimum atomic E-state index is -0.162. The molecule has 0 aliphatic carbocycles. The van der Waals surface area contributed by atoms with Crippen molar-refractivity contribution in [3.63, 3.8) is 0 Å². The molecule has 0 radical (unpaired) electrons. The molecule has 3 heteroatoms. The highest BCUT2D eigenvalue weighted by Gasteiger charge is 2.42. The smallest absolute Gasteiger partial charge is 0.158 e. The number of ketones is 1. The van der Waals surface area contributed by atoms with Gasteiger partial charge in [-0.25, -0.2) is 0 Å². The fraction of sp³-hybridized carbons (Fsp3) is 0.800. The second-order valence-electron chi connectivity index (χ2n) is 5.44. The minimum Gasteiger partial charge on any atom is -0.378 e. The average molecular weight is 252 g/mol. The van der Waals surface area contributed by atoms with E-state index in [2.05, 4.69) is 13.8 Å². The Morgan fingerprint density at radius 2 is 2.11 bits per heavy atom. The van der Waals surface area contributed by atoms with Gasteiger partial charge in [0.15, 0.2) is 5.78 Å². The molecule has 2 unspecified atom stereocenters. The molecule has 2 aliphatic heterocycles. The lowest BCUT2D eigenvalue weighted by Gasteiger charge is -2.36. The number of rotatable bonds is 4. The molecule has 0 aromatic carbocycles. The van der Waals surface area contributed by atoms with Gasteiger partial charge in [-0.1, -0.05) is 19.4 Å². The van der Waals surface area contributed by atoms with Crippen molar-refractivity contribution in [3.8, 4) is 0 Å². The summed E-state index contributed by atoms with van der Waals surface area (Å²) in [5.41, 5.74) is 1.09. The van der Waals surface area contributed by atoms with Gasteiger partial charge in [0, 0.05) is 25.6 Å². The lowest BCUT2D eigenvalue weighted by atomic mass is 9.82. The molecule has 2 heterocycles. The highest BCUT2D eigenvalue weighted by molar-refractivity contribution is 5.92. The SMILES string of the molecule is CCC(=CC(=O)C1CCOC2(CCOC2)C1)CC. The highest BCUT2D eigenvalue weighted by Crippen LogP contribution is 2.36. The zero-order chi connectivity index (χ0) is 13.0. The number of carbonyl (C=O) groups is 1. The summed E-state index contributed by atoms with van der Waals surface area (Å²) >= 11 is 0. The normalized spacial score (nSPS) is 31.6. The Morgan fingerprint density at radius 1 is 1.33 bits per heavy atom. The molecule has 0 saturated carbocycles. The van der Waals surface area contributed by atoms with Gasteiger partial charge in [0.05, 0.1) is 12.2 Å². The van der Waals surface area contributed by atoms with Gasteiger partial charge in [0.2, 0.25) is 0 Å². The van der Waals surface area contributed by atoms with E-state index in [0.717, 1.165) is 38.7 Å². The first-order valence-electron chi connectivity index (χ1n) is 7.14. The van der Waals surface area contributed by atoms with Gasteiger partial charge in [0.25, 0.3) is 0 Å². The van der Waals surface area contributed by atoms with E-state index < -0.39 is 0 Å². The van der Waals surface area contributed by atoms with Crippen LogP contribution in [0.3, 0.4) is 0 Å². The molecule has 0 aromatic rings. The second kappa shape index (κ2) is 5.98. The Balaban J connectivity index is 2.00. The van der Waals surface area contributed by atoms with E-state index in [1.807, 2.05) is 6.08 Å². The van der Waals surface area contributed by atoms with Crippen LogP contribution >= 0.6 is 0 Å². The molecule has 102 valence electrons. The van der Waals surface area contributed by atoms with Crippen LogP contribution in [0.5, 0.6) is 0 Å².